The Balaban J connectivity index is 2.39. The van der Waals surface area contributed by atoms with Gasteiger partial charge in [-0.3, -0.25) is 9.78 Å². The van der Waals surface area contributed by atoms with E-state index in [1.54, 1.807) is 12.3 Å². The third-order valence-electron chi connectivity index (χ3n) is 2.40. The van der Waals surface area contributed by atoms with Crippen LogP contribution in [0.15, 0.2) is 18.3 Å². The van der Waals surface area contributed by atoms with Crippen LogP contribution in [0.5, 0.6) is 0 Å². The second kappa shape index (κ2) is 6.17. The van der Waals surface area contributed by atoms with Gasteiger partial charge < -0.3 is 5.73 Å². The Labute approximate surface area is 90.7 Å². The first-order chi connectivity index (χ1) is 7.24. The van der Waals surface area contributed by atoms with Crippen LogP contribution >= 0.6 is 0 Å². The van der Waals surface area contributed by atoms with Gasteiger partial charge in [0.15, 0.2) is 0 Å². The Morgan fingerprint density at radius 2 is 2.13 bits per heavy atom. The minimum absolute atomic E-state index is 0.417. The van der Waals surface area contributed by atoms with E-state index in [9.17, 15) is 4.79 Å². The van der Waals surface area contributed by atoms with Crippen LogP contribution in [0.4, 0.5) is 0 Å². The lowest BCUT2D eigenvalue weighted by Gasteiger charge is -2.01. The summed E-state index contributed by atoms with van der Waals surface area (Å²) in [5.74, 6) is -0.417. The molecule has 1 aromatic rings. The molecule has 0 fully saturated rings. The van der Waals surface area contributed by atoms with Gasteiger partial charge in [0.25, 0.3) is 0 Å². The summed E-state index contributed by atoms with van der Waals surface area (Å²) in [4.78, 5) is 15.0. The molecule has 1 rings (SSSR count). The Kier molecular flexibility index (Phi) is 4.81. The number of hydrogen-bond donors (Lipinski definition) is 1. The number of unbranched alkanes of at least 4 members (excludes halogenated alkanes) is 3. The number of carbonyl (C=O) groups excluding carboxylic acids is 1. The number of hydrogen-bond acceptors (Lipinski definition) is 2. The number of aromatic nitrogens is 1. The topological polar surface area (TPSA) is 56.0 Å². The number of amides is 1. The summed E-state index contributed by atoms with van der Waals surface area (Å²) in [6.45, 7) is 2.19. The molecule has 0 aliphatic rings. The summed E-state index contributed by atoms with van der Waals surface area (Å²) in [5, 5.41) is 0. The molecule has 0 atom stereocenters. The molecule has 1 aromatic heterocycles. The fraction of sp³-hybridized carbons (Fsp3) is 0.500. The zero-order chi connectivity index (χ0) is 11.1. The molecule has 82 valence electrons. The smallest absolute Gasteiger partial charge is 0.250 e. The van der Waals surface area contributed by atoms with Crippen LogP contribution in [0.25, 0.3) is 0 Å². The third-order valence-corrected chi connectivity index (χ3v) is 2.40. The van der Waals surface area contributed by atoms with E-state index >= 15 is 0 Å². The second-order valence-electron chi connectivity index (χ2n) is 3.71. The van der Waals surface area contributed by atoms with Crippen LogP contribution in [0.2, 0.25) is 0 Å². The highest BCUT2D eigenvalue weighted by Crippen LogP contribution is 2.06. The van der Waals surface area contributed by atoms with E-state index in [-0.39, 0.29) is 0 Å². The van der Waals surface area contributed by atoms with E-state index in [2.05, 4.69) is 11.9 Å². The van der Waals surface area contributed by atoms with Gasteiger partial charge in [0.1, 0.15) is 0 Å². The van der Waals surface area contributed by atoms with Crippen molar-refractivity contribution in [2.24, 2.45) is 5.73 Å². The lowest BCUT2D eigenvalue weighted by molar-refractivity contribution is 0.1000. The van der Waals surface area contributed by atoms with Crippen LogP contribution < -0.4 is 5.73 Å². The zero-order valence-corrected chi connectivity index (χ0v) is 9.20. The van der Waals surface area contributed by atoms with E-state index in [0.717, 1.165) is 18.5 Å². The Morgan fingerprint density at radius 1 is 1.33 bits per heavy atom. The molecule has 15 heavy (non-hydrogen) atoms. The molecule has 3 nitrogen and oxygen atoms in total. The number of primary amides is 1. The van der Waals surface area contributed by atoms with Crippen molar-refractivity contribution < 1.29 is 4.79 Å². The average molecular weight is 206 g/mol. The van der Waals surface area contributed by atoms with Gasteiger partial charge >= 0.3 is 0 Å². The maximum Gasteiger partial charge on any atom is 0.250 e. The number of carbonyl (C=O) groups is 1. The van der Waals surface area contributed by atoms with Gasteiger partial charge in [-0.15, -0.1) is 0 Å². The largest absolute Gasteiger partial charge is 0.366 e. The SMILES string of the molecule is CCCCCCc1ccc(C(N)=O)cn1. The summed E-state index contributed by atoms with van der Waals surface area (Å²) < 4.78 is 0. The molecule has 0 aliphatic heterocycles. The van der Waals surface area contributed by atoms with Crippen molar-refractivity contribution in [1.29, 1.82) is 0 Å². The maximum absolute atomic E-state index is 10.8. The van der Waals surface area contributed by atoms with Crippen LogP contribution in [0.1, 0.15) is 48.7 Å². The molecule has 1 heterocycles. The summed E-state index contributed by atoms with van der Waals surface area (Å²) in [6, 6.07) is 3.62. The van der Waals surface area contributed by atoms with Gasteiger partial charge in [-0.2, -0.15) is 0 Å². The summed E-state index contributed by atoms with van der Waals surface area (Å²) in [5.41, 5.74) is 6.64. The lowest BCUT2D eigenvalue weighted by atomic mass is 10.1. The maximum atomic E-state index is 10.8. The molecule has 1 amide bonds. The highest BCUT2D eigenvalue weighted by atomic mass is 16.1. The van der Waals surface area contributed by atoms with Crippen molar-refractivity contribution >= 4 is 5.91 Å². The number of nitrogens with two attached hydrogens (primary N) is 1. The molecule has 0 saturated heterocycles. The highest BCUT2D eigenvalue weighted by molar-refractivity contribution is 5.92. The van der Waals surface area contributed by atoms with E-state index in [1.165, 1.54) is 19.3 Å². The molecule has 0 aromatic carbocycles. The minimum atomic E-state index is -0.417. The Morgan fingerprint density at radius 3 is 2.67 bits per heavy atom. The molecule has 0 aliphatic carbocycles. The summed E-state index contributed by atoms with van der Waals surface area (Å²) >= 11 is 0. The first kappa shape index (κ1) is 11.7. The van der Waals surface area contributed by atoms with Crippen molar-refractivity contribution in [1.82, 2.24) is 4.98 Å². The Hall–Kier alpha value is -1.38. The number of pyridine rings is 1. The number of nitrogens with zero attached hydrogens (tertiary/aromatic N) is 1. The summed E-state index contributed by atoms with van der Waals surface area (Å²) in [7, 11) is 0. The highest BCUT2D eigenvalue weighted by Gasteiger charge is 2.00. The van der Waals surface area contributed by atoms with Gasteiger partial charge in [0.2, 0.25) is 5.91 Å². The molecular formula is C12H18N2O. The number of aryl methyl sites for hydroxylation is 1. The fourth-order valence-corrected chi connectivity index (χ4v) is 1.45. The normalized spacial score (nSPS) is 10.2. The predicted octanol–water partition coefficient (Wildman–Crippen LogP) is 2.30. The van der Waals surface area contributed by atoms with Crippen molar-refractivity contribution in [3.63, 3.8) is 0 Å². The first-order valence-corrected chi connectivity index (χ1v) is 5.48. The van der Waals surface area contributed by atoms with Crippen LogP contribution in [0, 0.1) is 0 Å². The minimum Gasteiger partial charge on any atom is -0.366 e. The molecule has 0 radical (unpaired) electrons. The lowest BCUT2D eigenvalue weighted by Crippen LogP contribution is -2.11. The summed E-state index contributed by atoms with van der Waals surface area (Å²) in [6.07, 6.45) is 7.47. The van der Waals surface area contributed by atoms with Crippen LogP contribution in [0.3, 0.4) is 0 Å². The van der Waals surface area contributed by atoms with E-state index in [0.29, 0.717) is 5.56 Å². The molecule has 2 N–H and O–H groups in total. The molecular weight excluding hydrogens is 188 g/mol. The van der Waals surface area contributed by atoms with E-state index in [1.807, 2.05) is 6.07 Å². The van der Waals surface area contributed by atoms with E-state index < -0.39 is 5.91 Å². The van der Waals surface area contributed by atoms with Gasteiger partial charge in [-0.1, -0.05) is 26.2 Å². The predicted molar refractivity (Wildman–Crippen MR) is 60.6 cm³/mol. The van der Waals surface area contributed by atoms with Crippen molar-refractivity contribution in [2.45, 2.75) is 39.0 Å². The standard InChI is InChI=1S/C12H18N2O/c1-2-3-4-5-6-11-8-7-10(9-14-11)12(13)15/h7-9H,2-6H2,1H3,(H2,13,15). The number of rotatable bonds is 6. The van der Waals surface area contributed by atoms with Crippen molar-refractivity contribution in [3.8, 4) is 0 Å². The van der Waals surface area contributed by atoms with Crippen molar-refractivity contribution in [2.75, 3.05) is 0 Å². The third kappa shape index (κ3) is 4.11. The van der Waals surface area contributed by atoms with E-state index in [4.69, 9.17) is 5.73 Å². The molecule has 0 bridgehead atoms. The molecule has 3 heteroatoms. The monoisotopic (exact) mass is 206 g/mol. The quantitative estimate of drug-likeness (QED) is 0.726. The average Bonchev–Trinajstić information content (AvgIpc) is 2.25. The van der Waals surface area contributed by atoms with Crippen LogP contribution in [-0.2, 0) is 6.42 Å². The van der Waals surface area contributed by atoms with Gasteiger partial charge in [0, 0.05) is 11.9 Å². The van der Waals surface area contributed by atoms with Gasteiger partial charge in [-0.05, 0) is 25.0 Å². The van der Waals surface area contributed by atoms with Gasteiger partial charge in [-0.25, -0.2) is 0 Å². The first-order valence-electron chi connectivity index (χ1n) is 5.48. The van der Waals surface area contributed by atoms with Crippen LogP contribution in [-0.4, -0.2) is 10.9 Å². The van der Waals surface area contributed by atoms with Crippen molar-refractivity contribution in [3.05, 3.63) is 29.6 Å². The second-order valence-corrected chi connectivity index (χ2v) is 3.71. The molecule has 0 saturated carbocycles. The van der Waals surface area contributed by atoms with Gasteiger partial charge in [0.05, 0.1) is 5.56 Å². The molecule has 0 unspecified atom stereocenters. The molecule has 0 spiro atoms. The zero-order valence-electron chi connectivity index (χ0n) is 9.20. The Bertz CT molecular complexity index is 306. The fourth-order valence-electron chi connectivity index (χ4n) is 1.45.